The molecule has 0 radical (unpaired) electrons. The molecule has 2 atom stereocenters. The second-order valence-electron chi connectivity index (χ2n) is 6.61. The third-order valence-corrected chi connectivity index (χ3v) is 3.75. The van der Waals surface area contributed by atoms with E-state index in [1.54, 1.807) is 21.1 Å². The second kappa shape index (κ2) is 19.8. The number of hydrogen-bond acceptors (Lipinski definition) is 6. The first-order chi connectivity index (χ1) is 27.2. The lowest BCUT2D eigenvalue weighted by Gasteiger charge is -2.24. The highest BCUT2D eigenvalue weighted by Gasteiger charge is 2.24. The van der Waals surface area contributed by atoms with Crippen molar-refractivity contribution in [2.24, 2.45) is 0 Å². The fraction of sp³-hybridized carbons (Fsp3) is 0.958. The molecule has 0 bridgehead atoms. The minimum atomic E-state index is -5.21. The number of likely N-dealkylation sites (N-methyl/N-ethyl adjacent to an activating group) is 1. The van der Waals surface area contributed by atoms with Gasteiger partial charge in [-0.25, -0.2) is 4.57 Å². The van der Waals surface area contributed by atoms with Gasteiger partial charge in [0.15, 0.2) is 0 Å². The first-order valence-corrected chi connectivity index (χ1v) is 10.5. The third-order valence-electron chi connectivity index (χ3n) is 2.77. The molecule has 33 heavy (non-hydrogen) atoms. The van der Waals surface area contributed by atoms with Crippen LogP contribution in [0.5, 0.6) is 0 Å². The maximum atomic E-state index is 12.8. The molecule has 0 amide bonds. The largest absolute Gasteiger partial charge is 0.472 e. The highest BCUT2D eigenvalue weighted by molar-refractivity contribution is 7.47. The zero-order chi connectivity index (χ0) is 52.6. The minimum absolute atomic E-state index is 0.200. The molecular formula is C24H51NO7P+. The van der Waals surface area contributed by atoms with Gasteiger partial charge < -0.3 is 19.2 Å². The highest BCUT2D eigenvalue weighted by Crippen LogP contribution is 2.43. The SMILES string of the molecule is [2H]C([2H])([2H])C([2H])([2H])C([2H])([2H])C([2H])([2H])C([2H])([2H])C([2H])([2H])C([2H])([2H])C([2H])([2H])C([2H])([2H])C([2H])([2H])C([2H])([2H])C([2H])([2H])C([2H])([2H])C([2H])([2H])C([2H])([2H])C(=O)OC[C@@H](O)COP(=O)(O)OCC[N+](C)(C)C. The molecule has 9 heteroatoms. The summed E-state index contributed by atoms with van der Waals surface area (Å²) in [5.41, 5.74) is 0. The minimum Gasteiger partial charge on any atom is -0.463 e. The van der Waals surface area contributed by atoms with Gasteiger partial charge >= 0.3 is 13.8 Å². The topological polar surface area (TPSA) is 102 Å². The molecule has 0 heterocycles. The monoisotopic (exact) mass is 528 g/mol. The number of phosphoric acid groups is 1. The van der Waals surface area contributed by atoms with E-state index in [2.05, 4.69) is 9.26 Å². The molecule has 0 aromatic heterocycles. The van der Waals surface area contributed by atoms with Gasteiger partial charge in [0, 0.05) is 48.9 Å². The summed E-state index contributed by atoms with van der Waals surface area (Å²) in [5.74, 6) is -2.49. The van der Waals surface area contributed by atoms with Crippen LogP contribution in [0.25, 0.3) is 0 Å². The Hall–Kier alpha value is -0.500. The van der Waals surface area contributed by atoms with E-state index in [1.165, 1.54) is 0 Å². The number of carbonyl (C=O) groups excluding carboxylic acids is 1. The molecule has 0 aliphatic carbocycles. The molecule has 0 aliphatic heterocycles. The van der Waals surface area contributed by atoms with E-state index in [0.717, 1.165) is 0 Å². The van der Waals surface area contributed by atoms with Crippen LogP contribution in [0, 0.1) is 0 Å². The zero-order valence-corrected chi connectivity index (χ0v) is 19.1. The predicted molar refractivity (Wildman–Crippen MR) is 132 cm³/mol. The fourth-order valence-electron chi connectivity index (χ4n) is 1.33. The molecule has 0 saturated carbocycles. The van der Waals surface area contributed by atoms with Crippen molar-refractivity contribution in [2.45, 2.75) is 102 Å². The van der Waals surface area contributed by atoms with E-state index in [0.29, 0.717) is 0 Å². The number of ether oxygens (including phenoxy) is 1. The Morgan fingerprint density at radius 1 is 0.909 bits per heavy atom. The Labute approximate surface area is 245 Å². The molecule has 8 nitrogen and oxygen atoms in total. The van der Waals surface area contributed by atoms with E-state index >= 15 is 0 Å². The molecule has 0 aromatic carbocycles. The summed E-state index contributed by atoms with van der Waals surface area (Å²) in [6.07, 6.45) is -71.6. The fourth-order valence-corrected chi connectivity index (χ4v) is 2.08. The number of carbonyl (C=O) groups is 1. The van der Waals surface area contributed by atoms with Gasteiger partial charge in [0.25, 0.3) is 0 Å². The molecule has 2 N–H and O–H groups in total. The second-order valence-corrected chi connectivity index (χ2v) is 8.07. The third kappa shape index (κ3) is 24.4. The van der Waals surface area contributed by atoms with Crippen LogP contribution in [0.4, 0.5) is 0 Å². The number of hydrogen-bond donors (Lipinski definition) is 2. The van der Waals surface area contributed by atoms with Gasteiger partial charge in [-0.3, -0.25) is 13.8 Å². The molecule has 0 saturated heterocycles. The van der Waals surface area contributed by atoms with Crippen molar-refractivity contribution < 1.29 is 80.1 Å². The van der Waals surface area contributed by atoms with Gasteiger partial charge in [-0.15, -0.1) is 0 Å². The molecule has 0 fully saturated rings. The average molecular weight is 528 g/mol. The van der Waals surface area contributed by atoms with Crippen LogP contribution in [-0.4, -0.2) is 74.1 Å². The van der Waals surface area contributed by atoms with Crippen molar-refractivity contribution in [1.29, 1.82) is 0 Å². The quantitative estimate of drug-likeness (QED) is 0.107. The summed E-state index contributed by atoms with van der Waals surface area (Å²) in [4.78, 5) is 22.6. The number of nitrogens with zero attached hydrogens (tertiary/aromatic N) is 1. The number of aliphatic hydroxyl groups is 1. The van der Waals surface area contributed by atoms with Gasteiger partial charge in [0.1, 0.15) is 25.9 Å². The number of esters is 1. The van der Waals surface area contributed by atoms with Crippen LogP contribution >= 0.6 is 7.82 Å². The Bertz CT molecular complexity index is 1710. The first kappa shape index (κ1) is 8.26. The number of quaternary nitrogens is 1. The van der Waals surface area contributed by atoms with E-state index in [1.807, 2.05) is 0 Å². The summed E-state index contributed by atoms with van der Waals surface area (Å²) >= 11 is 0. The van der Waals surface area contributed by atoms with E-state index in [-0.39, 0.29) is 17.6 Å². The van der Waals surface area contributed by atoms with Crippen LogP contribution in [0.2, 0.25) is 0 Å². The van der Waals surface area contributed by atoms with Crippen LogP contribution in [-0.2, 0) is 23.1 Å². The molecule has 198 valence electrons. The Morgan fingerprint density at radius 3 is 1.94 bits per heavy atom. The molecule has 1 unspecified atom stereocenters. The summed E-state index contributed by atoms with van der Waals surface area (Å²) in [6, 6.07) is 0. The van der Waals surface area contributed by atoms with Crippen molar-refractivity contribution in [3.05, 3.63) is 0 Å². The van der Waals surface area contributed by atoms with Gasteiger partial charge in [-0.1, -0.05) is 83.3 Å². The van der Waals surface area contributed by atoms with Crippen molar-refractivity contribution in [3.8, 4) is 0 Å². The maximum Gasteiger partial charge on any atom is 0.472 e. The predicted octanol–water partition coefficient (Wildman–Crippen LogP) is 5.21. The zero-order valence-electron chi connectivity index (χ0n) is 49.2. The Balaban J connectivity index is 7.06. The summed E-state index contributed by atoms with van der Waals surface area (Å²) in [7, 11) is 0.274. The number of phosphoric ester groups is 1. The van der Waals surface area contributed by atoms with Crippen LogP contribution < -0.4 is 0 Å². The van der Waals surface area contributed by atoms with Crippen molar-refractivity contribution in [3.63, 3.8) is 0 Å². The molecule has 0 aliphatic rings. The highest BCUT2D eigenvalue weighted by atomic mass is 31.2. The summed E-state index contributed by atoms with van der Waals surface area (Å²) < 4.78 is 276. The molecular weight excluding hydrogens is 445 g/mol. The van der Waals surface area contributed by atoms with Gasteiger partial charge in [0.2, 0.25) is 0 Å². The van der Waals surface area contributed by atoms with Gasteiger partial charge in [0.05, 0.1) is 27.7 Å². The molecule has 0 spiro atoms. The lowest BCUT2D eigenvalue weighted by atomic mass is 10.0. The van der Waals surface area contributed by atoms with E-state index in [4.69, 9.17) is 47.0 Å². The van der Waals surface area contributed by atoms with E-state index < -0.39 is 129 Å². The Morgan fingerprint density at radius 2 is 1.42 bits per heavy atom. The van der Waals surface area contributed by atoms with Crippen LogP contribution in [0.15, 0.2) is 0 Å². The van der Waals surface area contributed by atoms with E-state index in [9.17, 15) is 19.4 Å². The van der Waals surface area contributed by atoms with Crippen molar-refractivity contribution in [1.82, 2.24) is 0 Å². The van der Waals surface area contributed by atoms with Gasteiger partial charge in [-0.2, -0.15) is 0 Å². The molecule has 0 aromatic rings. The average Bonchev–Trinajstić information content (AvgIpc) is 3.07. The number of aliphatic hydroxyl groups excluding tert-OH is 1. The van der Waals surface area contributed by atoms with Crippen LogP contribution in [0.3, 0.4) is 0 Å². The normalized spacial score (nSPS) is 35.1. The van der Waals surface area contributed by atoms with Gasteiger partial charge in [-0.05, 0) is 6.37 Å². The lowest BCUT2D eigenvalue weighted by molar-refractivity contribution is -0.870. The number of rotatable bonds is 23. The smallest absolute Gasteiger partial charge is 0.463 e. The lowest BCUT2D eigenvalue weighted by Crippen LogP contribution is -2.37. The van der Waals surface area contributed by atoms with Crippen molar-refractivity contribution in [2.75, 3.05) is 47.5 Å². The summed E-state index contributed by atoms with van der Waals surface area (Å²) in [6.45, 7) is -6.84. The van der Waals surface area contributed by atoms with Crippen LogP contribution in [0.1, 0.15) is 139 Å². The van der Waals surface area contributed by atoms with Crippen molar-refractivity contribution >= 4 is 13.8 Å². The standard InChI is InChI=1S/C24H50NO7P/c1-5-6-7-8-9-10-11-12-13-14-15-16-17-18-24(27)30-21-23(26)22-32-33(28,29)31-20-19-25(2,3)4/h23,26H,5-22H2,1-4H3/p+1/t23-/m1/s1/i1D3,5D2,6D2,7D2,8D2,9D2,10D2,11D2,12D2,13D2,14D2,15D2,16D2,17D2,18D2. The maximum absolute atomic E-state index is 12.8. The first-order valence-electron chi connectivity index (χ1n) is 24.5. The Kier molecular flexibility index (Phi) is 4.95. The summed E-state index contributed by atoms with van der Waals surface area (Å²) in [5, 5.41) is 10.1. The molecule has 0 rings (SSSR count).